The van der Waals surface area contributed by atoms with Crippen molar-refractivity contribution in [2.24, 2.45) is 11.1 Å². The lowest BCUT2D eigenvalue weighted by Gasteiger charge is -2.37. The SMILES string of the molecule is NC(=S)C1(C(=O)N2CCS(=O)(=O)CC2)CCCCCC1. The minimum atomic E-state index is -2.99. The van der Waals surface area contributed by atoms with Crippen molar-refractivity contribution in [1.29, 1.82) is 0 Å². The normalized spacial score (nSPS) is 25.7. The lowest BCUT2D eigenvalue weighted by Crippen LogP contribution is -2.54. The molecular formula is C13H22N2O3S2. The number of nitrogens with zero attached hydrogens (tertiary/aromatic N) is 1. The van der Waals surface area contributed by atoms with Gasteiger partial charge < -0.3 is 10.6 Å². The van der Waals surface area contributed by atoms with Gasteiger partial charge in [-0.1, -0.05) is 37.9 Å². The molecular weight excluding hydrogens is 296 g/mol. The Morgan fingerprint density at radius 2 is 1.55 bits per heavy atom. The number of hydrogen-bond acceptors (Lipinski definition) is 4. The van der Waals surface area contributed by atoms with E-state index in [0.29, 0.717) is 12.8 Å². The van der Waals surface area contributed by atoms with Gasteiger partial charge in [-0.05, 0) is 12.8 Å². The Labute approximate surface area is 125 Å². The van der Waals surface area contributed by atoms with Gasteiger partial charge in [0.15, 0.2) is 9.84 Å². The van der Waals surface area contributed by atoms with Crippen molar-refractivity contribution in [3.05, 3.63) is 0 Å². The van der Waals surface area contributed by atoms with Crippen molar-refractivity contribution in [1.82, 2.24) is 4.90 Å². The number of sulfone groups is 1. The van der Waals surface area contributed by atoms with Crippen LogP contribution in [-0.2, 0) is 14.6 Å². The highest BCUT2D eigenvalue weighted by molar-refractivity contribution is 7.91. The van der Waals surface area contributed by atoms with Gasteiger partial charge >= 0.3 is 0 Å². The van der Waals surface area contributed by atoms with Crippen LogP contribution in [0.3, 0.4) is 0 Å². The molecule has 2 rings (SSSR count). The quantitative estimate of drug-likeness (QED) is 0.603. The van der Waals surface area contributed by atoms with Gasteiger partial charge in [0.05, 0.1) is 21.9 Å². The fourth-order valence-electron chi connectivity index (χ4n) is 3.12. The highest BCUT2D eigenvalue weighted by Crippen LogP contribution is 2.37. The predicted octanol–water partition coefficient (Wildman–Crippen LogP) is 0.870. The molecule has 1 heterocycles. The first-order valence-corrected chi connectivity index (χ1v) is 9.40. The van der Waals surface area contributed by atoms with Gasteiger partial charge in [-0.15, -0.1) is 0 Å². The summed E-state index contributed by atoms with van der Waals surface area (Å²) >= 11 is 5.19. The van der Waals surface area contributed by atoms with Crippen LogP contribution in [0.5, 0.6) is 0 Å². The van der Waals surface area contributed by atoms with Crippen LogP contribution >= 0.6 is 12.2 Å². The number of carbonyl (C=O) groups excluding carboxylic acids is 1. The van der Waals surface area contributed by atoms with E-state index in [9.17, 15) is 13.2 Å². The summed E-state index contributed by atoms with van der Waals surface area (Å²) in [6.07, 6.45) is 5.51. The Balaban J connectivity index is 2.17. The Hall–Kier alpha value is -0.690. The van der Waals surface area contributed by atoms with Gasteiger partial charge in [0.25, 0.3) is 0 Å². The first-order valence-electron chi connectivity index (χ1n) is 7.17. The molecule has 1 aliphatic heterocycles. The van der Waals surface area contributed by atoms with E-state index in [4.69, 9.17) is 18.0 Å². The number of thiocarbonyl (C=S) groups is 1. The molecule has 2 N–H and O–H groups in total. The molecule has 0 aromatic heterocycles. The number of rotatable bonds is 2. The lowest BCUT2D eigenvalue weighted by atomic mass is 9.78. The third kappa shape index (κ3) is 3.14. The summed E-state index contributed by atoms with van der Waals surface area (Å²) in [6, 6.07) is 0. The maximum absolute atomic E-state index is 12.8. The monoisotopic (exact) mass is 318 g/mol. The summed E-state index contributed by atoms with van der Waals surface area (Å²) in [4.78, 5) is 14.8. The molecule has 0 atom stereocenters. The molecule has 0 aromatic rings. The minimum Gasteiger partial charge on any atom is -0.392 e. The van der Waals surface area contributed by atoms with Gasteiger partial charge in [-0.3, -0.25) is 4.79 Å². The summed E-state index contributed by atoms with van der Waals surface area (Å²) in [7, 11) is -2.99. The Morgan fingerprint density at radius 3 is 2.00 bits per heavy atom. The van der Waals surface area contributed by atoms with Crippen molar-refractivity contribution >= 4 is 33.0 Å². The molecule has 2 fully saturated rings. The number of hydrogen-bond donors (Lipinski definition) is 1. The molecule has 0 unspecified atom stereocenters. The van der Waals surface area contributed by atoms with Crippen LogP contribution in [0.1, 0.15) is 38.5 Å². The zero-order valence-corrected chi connectivity index (χ0v) is 13.3. The van der Waals surface area contributed by atoms with Crippen molar-refractivity contribution in [3.8, 4) is 0 Å². The fraction of sp³-hybridized carbons (Fsp3) is 0.846. The standard InChI is InChI=1S/C13H22N2O3S2/c14-11(19)13(5-3-1-2-4-6-13)12(16)15-7-9-20(17,18)10-8-15/h1-10H2,(H2,14,19). The summed E-state index contributed by atoms with van der Waals surface area (Å²) in [6.45, 7) is 0.539. The van der Waals surface area contributed by atoms with E-state index in [1.807, 2.05) is 0 Å². The average molecular weight is 318 g/mol. The van der Waals surface area contributed by atoms with Crippen LogP contribution in [0, 0.1) is 5.41 Å². The smallest absolute Gasteiger partial charge is 0.235 e. The molecule has 114 valence electrons. The van der Waals surface area contributed by atoms with Crippen LogP contribution < -0.4 is 5.73 Å². The minimum absolute atomic E-state index is 0.0478. The maximum atomic E-state index is 12.8. The molecule has 0 spiro atoms. The van der Waals surface area contributed by atoms with Crippen LogP contribution in [-0.4, -0.2) is 48.8 Å². The second kappa shape index (κ2) is 5.97. The number of amides is 1. The molecule has 1 saturated carbocycles. The Bertz CT molecular complexity index is 480. The van der Waals surface area contributed by atoms with Crippen LogP contribution in [0.25, 0.3) is 0 Å². The van der Waals surface area contributed by atoms with Gasteiger partial charge in [-0.25, -0.2) is 8.42 Å². The molecule has 0 aromatic carbocycles. The fourth-order valence-corrected chi connectivity index (χ4v) is 4.61. The van der Waals surface area contributed by atoms with E-state index in [2.05, 4.69) is 0 Å². The summed E-state index contributed by atoms with van der Waals surface area (Å²) in [5.41, 5.74) is 5.16. The molecule has 20 heavy (non-hydrogen) atoms. The third-order valence-corrected chi connectivity index (χ3v) is 6.47. The predicted molar refractivity (Wildman–Crippen MR) is 82.2 cm³/mol. The maximum Gasteiger partial charge on any atom is 0.235 e. The van der Waals surface area contributed by atoms with Crippen molar-refractivity contribution in [3.63, 3.8) is 0 Å². The van der Waals surface area contributed by atoms with Gasteiger partial charge in [-0.2, -0.15) is 0 Å². The Kier molecular flexibility index (Phi) is 4.69. The van der Waals surface area contributed by atoms with E-state index in [0.717, 1.165) is 25.7 Å². The second-order valence-corrected chi connectivity index (χ2v) is 8.55. The summed E-state index contributed by atoms with van der Waals surface area (Å²) < 4.78 is 23.0. The molecule has 5 nitrogen and oxygen atoms in total. The molecule has 1 amide bonds. The van der Waals surface area contributed by atoms with E-state index in [-0.39, 0.29) is 35.5 Å². The largest absolute Gasteiger partial charge is 0.392 e. The van der Waals surface area contributed by atoms with Gasteiger partial charge in [0, 0.05) is 13.1 Å². The van der Waals surface area contributed by atoms with Gasteiger partial charge in [0.2, 0.25) is 5.91 Å². The first-order chi connectivity index (χ1) is 9.37. The molecule has 2 aliphatic rings. The number of nitrogens with two attached hydrogens (primary N) is 1. The molecule has 0 bridgehead atoms. The summed E-state index contributed by atoms with van der Waals surface area (Å²) in [5, 5.41) is 0. The molecule has 7 heteroatoms. The van der Waals surface area contributed by atoms with Crippen molar-refractivity contribution in [2.45, 2.75) is 38.5 Å². The zero-order chi connectivity index (χ0) is 14.8. The highest BCUT2D eigenvalue weighted by atomic mass is 32.2. The zero-order valence-electron chi connectivity index (χ0n) is 11.6. The Morgan fingerprint density at radius 1 is 1.05 bits per heavy atom. The van der Waals surface area contributed by atoms with Crippen molar-refractivity contribution in [2.75, 3.05) is 24.6 Å². The molecule has 1 aliphatic carbocycles. The third-order valence-electron chi connectivity index (χ3n) is 4.47. The lowest BCUT2D eigenvalue weighted by molar-refractivity contribution is -0.138. The average Bonchev–Trinajstić information content (AvgIpc) is 2.64. The second-order valence-electron chi connectivity index (χ2n) is 5.80. The topological polar surface area (TPSA) is 80.5 Å². The van der Waals surface area contributed by atoms with Crippen LogP contribution in [0.4, 0.5) is 0 Å². The van der Waals surface area contributed by atoms with Crippen LogP contribution in [0.15, 0.2) is 0 Å². The van der Waals surface area contributed by atoms with Gasteiger partial charge in [0.1, 0.15) is 0 Å². The molecule has 0 radical (unpaired) electrons. The number of carbonyl (C=O) groups is 1. The van der Waals surface area contributed by atoms with E-state index < -0.39 is 15.3 Å². The van der Waals surface area contributed by atoms with E-state index in [1.54, 1.807) is 4.90 Å². The first kappa shape index (κ1) is 15.7. The van der Waals surface area contributed by atoms with Crippen LogP contribution in [0.2, 0.25) is 0 Å². The van der Waals surface area contributed by atoms with E-state index >= 15 is 0 Å². The summed E-state index contributed by atoms with van der Waals surface area (Å²) in [5.74, 6) is 0.0417. The molecule has 1 saturated heterocycles. The van der Waals surface area contributed by atoms with E-state index in [1.165, 1.54) is 0 Å². The highest BCUT2D eigenvalue weighted by Gasteiger charge is 2.44. The van der Waals surface area contributed by atoms with Crippen molar-refractivity contribution < 1.29 is 13.2 Å².